The molecule has 1 fully saturated rings. The Morgan fingerprint density at radius 2 is 1.59 bits per heavy atom. The number of ether oxygens (including phenoxy) is 1. The first-order valence-electron chi connectivity index (χ1n) is 11.1. The van der Waals surface area contributed by atoms with Crippen molar-refractivity contribution in [3.8, 4) is 5.75 Å². The van der Waals surface area contributed by atoms with E-state index in [9.17, 15) is 14.7 Å². The maximum atomic E-state index is 13.2. The number of likely N-dealkylation sites (tertiary alicyclic amines) is 1. The van der Waals surface area contributed by atoms with Crippen molar-refractivity contribution in [1.29, 1.82) is 0 Å². The van der Waals surface area contributed by atoms with Crippen LogP contribution in [0, 0.1) is 0 Å². The molecule has 3 aromatic rings. The number of aromatic nitrogens is 1. The quantitative estimate of drug-likeness (QED) is 0.332. The SMILES string of the molecule is COc1ccc(/C(O)=C2\C(=O)C(=O)N(Cc3ccncc3)C2c2ccc(C(C)(C)C)cc2)cc1. The summed E-state index contributed by atoms with van der Waals surface area (Å²) >= 11 is 0. The molecular weight excluding hydrogens is 428 g/mol. The van der Waals surface area contributed by atoms with Gasteiger partial charge in [-0.25, -0.2) is 0 Å². The molecule has 1 N–H and O–H groups in total. The number of aliphatic hydroxyl groups excluding tert-OH is 1. The minimum atomic E-state index is -0.718. The molecular formula is C28H28N2O4. The fraction of sp³-hybridized carbons (Fsp3) is 0.250. The Bertz CT molecular complexity index is 1220. The van der Waals surface area contributed by atoms with Gasteiger partial charge in [0.2, 0.25) is 0 Å². The molecule has 1 aliphatic heterocycles. The van der Waals surface area contributed by atoms with Gasteiger partial charge in [0.05, 0.1) is 18.7 Å². The third-order valence-corrected chi connectivity index (χ3v) is 6.10. The van der Waals surface area contributed by atoms with E-state index in [-0.39, 0.29) is 23.3 Å². The second-order valence-electron chi connectivity index (χ2n) is 9.38. The van der Waals surface area contributed by atoms with E-state index in [0.717, 1.165) is 16.7 Å². The lowest BCUT2D eigenvalue weighted by Crippen LogP contribution is -2.29. The molecule has 1 saturated heterocycles. The number of methoxy groups -OCH3 is 1. The van der Waals surface area contributed by atoms with Crippen molar-refractivity contribution in [3.05, 3.63) is 101 Å². The van der Waals surface area contributed by atoms with E-state index >= 15 is 0 Å². The monoisotopic (exact) mass is 456 g/mol. The average molecular weight is 457 g/mol. The van der Waals surface area contributed by atoms with Gasteiger partial charge in [0.1, 0.15) is 11.5 Å². The molecule has 1 aromatic heterocycles. The molecule has 0 bridgehead atoms. The van der Waals surface area contributed by atoms with E-state index in [1.54, 1.807) is 43.8 Å². The normalized spacial score (nSPS) is 17.8. The number of nitrogens with zero attached hydrogens (tertiary/aromatic N) is 2. The summed E-state index contributed by atoms with van der Waals surface area (Å²) in [6, 6.07) is 17.5. The molecule has 6 nitrogen and oxygen atoms in total. The van der Waals surface area contributed by atoms with E-state index in [0.29, 0.717) is 11.3 Å². The number of hydrogen-bond acceptors (Lipinski definition) is 5. The minimum absolute atomic E-state index is 0.0412. The zero-order valence-corrected chi connectivity index (χ0v) is 19.8. The third kappa shape index (κ3) is 4.44. The summed E-state index contributed by atoms with van der Waals surface area (Å²) in [6.07, 6.45) is 3.30. The van der Waals surface area contributed by atoms with E-state index in [1.807, 2.05) is 36.4 Å². The molecule has 2 aromatic carbocycles. The van der Waals surface area contributed by atoms with Gasteiger partial charge >= 0.3 is 0 Å². The summed E-state index contributed by atoms with van der Waals surface area (Å²) in [7, 11) is 1.56. The zero-order chi connectivity index (χ0) is 24.5. The van der Waals surface area contributed by atoms with E-state index in [4.69, 9.17) is 4.74 Å². The molecule has 1 amide bonds. The summed E-state index contributed by atoms with van der Waals surface area (Å²) in [5.74, 6) is -0.920. The van der Waals surface area contributed by atoms with Gasteiger partial charge in [-0.15, -0.1) is 0 Å². The highest BCUT2D eigenvalue weighted by Gasteiger charge is 2.46. The van der Waals surface area contributed by atoms with Crippen molar-refractivity contribution >= 4 is 17.4 Å². The fourth-order valence-corrected chi connectivity index (χ4v) is 4.14. The number of rotatable bonds is 5. The van der Waals surface area contributed by atoms with Crippen LogP contribution in [0.15, 0.2) is 78.6 Å². The van der Waals surface area contributed by atoms with Gasteiger partial charge in [0, 0.05) is 24.5 Å². The largest absolute Gasteiger partial charge is 0.507 e. The Balaban J connectivity index is 1.84. The van der Waals surface area contributed by atoms with Crippen molar-refractivity contribution in [2.75, 3.05) is 7.11 Å². The molecule has 2 heterocycles. The molecule has 0 saturated carbocycles. The number of amides is 1. The standard InChI is InChI=1S/C28H28N2O4/c1-28(2,3)21-9-5-19(6-10-21)24-23(25(31)20-7-11-22(34-4)12-8-20)26(32)27(33)30(24)17-18-13-15-29-16-14-18/h5-16,24,31H,17H2,1-4H3/b25-23+. The van der Waals surface area contributed by atoms with Crippen LogP contribution >= 0.6 is 0 Å². The Hall–Kier alpha value is -3.93. The zero-order valence-electron chi connectivity index (χ0n) is 19.8. The average Bonchev–Trinajstić information content (AvgIpc) is 3.09. The Morgan fingerprint density at radius 1 is 0.971 bits per heavy atom. The second kappa shape index (κ2) is 9.14. The molecule has 174 valence electrons. The van der Waals surface area contributed by atoms with Crippen LogP contribution in [0.1, 0.15) is 49.1 Å². The van der Waals surface area contributed by atoms with Gasteiger partial charge in [0.25, 0.3) is 11.7 Å². The Morgan fingerprint density at radius 3 is 2.15 bits per heavy atom. The van der Waals surface area contributed by atoms with Crippen LogP contribution in [0.5, 0.6) is 5.75 Å². The van der Waals surface area contributed by atoms with Gasteiger partial charge in [-0.1, -0.05) is 45.0 Å². The summed E-state index contributed by atoms with van der Waals surface area (Å²) in [4.78, 5) is 31.9. The summed E-state index contributed by atoms with van der Waals surface area (Å²) in [5, 5.41) is 11.2. The second-order valence-corrected chi connectivity index (χ2v) is 9.38. The van der Waals surface area contributed by atoms with Gasteiger partial charge in [-0.3, -0.25) is 14.6 Å². The molecule has 6 heteroatoms. The number of carbonyl (C=O) groups is 2. The Labute approximate surface area is 199 Å². The number of pyridine rings is 1. The Kier molecular flexibility index (Phi) is 6.24. The highest BCUT2D eigenvalue weighted by molar-refractivity contribution is 6.46. The van der Waals surface area contributed by atoms with Crippen LogP contribution in [-0.4, -0.2) is 33.8 Å². The first-order valence-corrected chi connectivity index (χ1v) is 11.1. The molecule has 0 aliphatic carbocycles. The predicted molar refractivity (Wildman–Crippen MR) is 130 cm³/mol. The number of benzene rings is 2. The first kappa shape index (κ1) is 23.2. The highest BCUT2D eigenvalue weighted by atomic mass is 16.5. The van der Waals surface area contributed by atoms with Crippen molar-refractivity contribution < 1.29 is 19.4 Å². The van der Waals surface area contributed by atoms with Gasteiger partial charge in [-0.2, -0.15) is 0 Å². The number of Topliss-reactive ketones (excluding diaryl/α,β-unsaturated/α-hetero) is 1. The number of aliphatic hydroxyl groups is 1. The molecule has 34 heavy (non-hydrogen) atoms. The molecule has 1 unspecified atom stereocenters. The van der Waals surface area contributed by atoms with Crippen molar-refractivity contribution in [2.45, 2.75) is 38.8 Å². The van der Waals surface area contributed by atoms with Crippen LogP contribution < -0.4 is 4.74 Å². The van der Waals surface area contributed by atoms with Crippen LogP contribution in [0.25, 0.3) is 5.76 Å². The lowest BCUT2D eigenvalue weighted by molar-refractivity contribution is -0.140. The molecule has 0 radical (unpaired) electrons. The molecule has 1 aliphatic rings. The third-order valence-electron chi connectivity index (χ3n) is 6.10. The number of carbonyl (C=O) groups excluding carboxylic acids is 2. The molecule has 0 spiro atoms. The maximum Gasteiger partial charge on any atom is 0.295 e. The van der Waals surface area contributed by atoms with Crippen molar-refractivity contribution in [1.82, 2.24) is 9.88 Å². The van der Waals surface area contributed by atoms with E-state index in [2.05, 4.69) is 25.8 Å². The van der Waals surface area contributed by atoms with E-state index in [1.165, 1.54) is 4.90 Å². The summed E-state index contributed by atoms with van der Waals surface area (Å²) < 4.78 is 5.19. The summed E-state index contributed by atoms with van der Waals surface area (Å²) in [5.41, 5.74) is 3.22. The van der Waals surface area contributed by atoms with Gasteiger partial charge in [-0.05, 0) is 58.5 Å². The lowest BCUT2D eigenvalue weighted by Gasteiger charge is -2.26. The topological polar surface area (TPSA) is 79.7 Å². The van der Waals surface area contributed by atoms with Crippen molar-refractivity contribution in [3.63, 3.8) is 0 Å². The maximum absolute atomic E-state index is 13.2. The van der Waals surface area contributed by atoms with Crippen LogP contribution in [0.3, 0.4) is 0 Å². The number of ketones is 1. The molecule has 1 atom stereocenters. The van der Waals surface area contributed by atoms with Crippen LogP contribution in [-0.2, 0) is 21.5 Å². The predicted octanol–water partition coefficient (Wildman–Crippen LogP) is 5.01. The minimum Gasteiger partial charge on any atom is -0.507 e. The van der Waals surface area contributed by atoms with E-state index < -0.39 is 17.7 Å². The smallest absolute Gasteiger partial charge is 0.295 e. The van der Waals surface area contributed by atoms with Crippen LogP contribution in [0.4, 0.5) is 0 Å². The molecule has 4 rings (SSSR count). The van der Waals surface area contributed by atoms with Crippen molar-refractivity contribution in [2.24, 2.45) is 0 Å². The highest BCUT2D eigenvalue weighted by Crippen LogP contribution is 2.41. The fourth-order valence-electron chi connectivity index (χ4n) is 4.14. The van der Waals surface area contributed by atoms with Crippen LogP contribution in [0.2, 0.25) is 0 Å². The number of hydrogen-bond donors (Lipinski definition) is 1. The van der Waals surface area contributed by atoms with Gasteiger partial charge in [0.15, 0.2) is 0 Å². The van der Waals surface area contributed by atoms with Gasteiger partial charge < -0.3 is 14.7 Å². The first-order chi connectivity index (χ1) is 16.2. The lowest BCUT2D eigenvalue weighted by atomic mass is 9.85. The summed E-state index contributed by atoms with van der Waals surface area (Å²) in [6.45, 7) is 6.60.